The first-order chi connectivity index (χ1) is 15.5. The molecule has 1 aliphatic heterocycles. The van der Waals surface area contributed by atoms with Gasteiger partial charge in [0.2, 0.25) is 0 Å². The van der Waals surface area contributed by atoms with Crippen molar-refractivity contribution < 1.29 is 4.39 Å². The van der Waals surface area contributed by atoms with Crippen molar-refractivity contribution >= 4 is 16.7 Å². The highest BCUT2D eigenvalue weighted by atomic mass is 19.1. The Bertz CT molecular complexity index is 1150. The zero-order valence-corrected chi connectivity index (χ0v) is 18.9. The Labute approximate surface area is 190 Å². The fourth-order valence-corrected chi connectivity index (χ4v) is 5.28. The number of allylic oxidation sites excluding steroid dienone is 1. The Morgan fingerprint density at radius 2 is 1.97 bits per heavy atom. The fraction of sp³-hybridized carbons (Fsp3) is 0.393. The van der Waals surface area contributed by atoms with Gasteiger partial charge in [0, 0.05) is 29.6 Å². The quantitative estimate of drug-likeness (QED) is 0.516. The molecule has 1 saturated carbocycles. The number of para-hydroxylation sites is 1. The van der Waals surface area contributed by atoms with Crippen molar-refractivity contribution in [2.75, 3.05) is 11.4 Å². The van der Waals surface area contributed by atoms with Crippen molar-refractivity contribution in [1.29, 1.82) is 0 Å². The van der Waals surface area contributed by atoms with Crippen LogP contribution in [-0.4, -0.2) is 17.6 Å². The molecule has 0 bridgehead atoms. The molecule has 3 nitrogen and oxygen atoms in total. The highest BCUT2D eigenvalue weighted by Crippen LogP contribution is 2.44. The van der Waals surface area contributed by atoms with Gasteiger partial charge >= 0.3 is 0 Å². The van der Waals surface area contributed by atoms with Gasteiger partial charge in [-0.1, -0.05) is 36.9 Å². The number of halogens is 1. The number of nitrogens with zero attached hydrogens (tertiary/aromatic N) is 2. The second-order valence-electron chi connectivity index (χ2n) is 9.65. The number of benzene rings is 2. The first kappa shape index (κ1) is 21.0. The van der Waals surface area contributed by atoms with E-state index in [9.17, 15) is 4.39 Å². The van der Waals surface area contributed by atoms with Crippen LogP contribution in [0.15, 0.2) is 60.8 Å². The molecule has 1 aromatic heterocycles. The predicted molar refractivity (Wildman–Crippen MR) is 130 cm³/mol. The minimum Gasteiger partial charge on any atom is -0.402 e. The Morgan fingerprint density at radius 3 is 2.69 bits per heavy atom. The average Bonchev–Trinajstić information content (AvgIpc) is 3.42. The number of pyridine rings is 1. The molecule has 0 radical (unpaired) electrons. The summed E-state index contributed by atoms with van der Waals surface area (Å²) >= 11 is 0. The fourth-order valence-electron chi connectivity index (χ4n) is 5.28. The van der Waals surface area contributed by atoms with E-state index in [1.165, 1.54) is 23.8 Å². The summed E-state index contributed by atoms with van der Waals surface area (Å²) in [5.41, 5.74) is 10.7. The zero-order valence-electron chi connectivity index (χ0n) is 18.9. The van der Waals surface area contributed by atoms with Gasteiger partial charge in [-0.2, -0.15) is 0 Å². The molecule has 2 N–H and O–H groups in total. The normalized spacial score (nSPS) is 22.4. The molecular formula is C28H32FN3. The first-order valence-corrected chi connectivity index (χ1v) is 11.9. The lowest BCUT2D eigenvalue weighted by Crippen LogP contribution is -2.27. The van der Waals surface area contributed by atoms with Crippen LogP contribution in [0.5, 0.6) is 0 Å². The number of hydrogen-bond donors (Lipinski definition) is 1. The maximum Gasteiger partial charge on any atom is 0.129 e. The molecule has 5 rings (SSSR count). The van der Waals surface area contributed by atoms with E-state index in [4.69, 9.17) is 10.7 Å². The van der Waals surface area contributed by atoms with Crippen molar-refractivity contribution in [2.45, 2.75) is 51.5 Å². The largest absolute Gasteiger partial charge is 0.402 e. The van der Waals surface area contributed by atoms with Crippen LogP contribution in [0.3, 0.4) is 0 Å². The molecular weight excluding hydrogens is 397 g/mol. The third kappa shape index (κ3) is 4.23. The van der Waals surface area contributed by atoms with Gasteiger partial charge in [0.15, 0.2) is 0 Å². The van der Waals surface area contributed by atoms with E-state index >= 15 is 0 Å². The minimum absolute atomic E-state index is 0.0991. The van der Waals surface area contributed by atoms with Crippen LogP contribution in [0.4, 0.5) is 10.2 Å². The average molecular weight is 430 g/mol. The monoisotopic (exact) mass is 429 g/mol. The highest BCUT2D eigenvalue weighted by Gasteiger charge is 2.38. The standard InChI is InChI=1S/C28H32FN3/c1-18-6-5-13-32(18)28-17-22(24-7-3-4-8-27(24)31-28)12-11-21-10-9-20(15-26(21)29)14-23-16-25(23)19(2)30/h3-4,7-10,15,17-18,23,25H,2,5-6,11-14,16,30H2,1H3. The van der Waals surface area contributed by atoms with Gasteiger partial charge in [-0.3, -0.25) is 0 Å². The number of fused-ring (bicyclic) bond motifs is 1. The van der Waals surface area contributed by atoms with Crippen LogP contribution in [0, 0.1) is 17.7 Å². The SMILES string of the molecule is C=C(N)C1CC1Cc1ccc(CCc2cc(N3CCCC3C)nc3ccccc23)c(F)c1. The van der Waals surface area contributed by atoms with E-state index in [2.05, 4.69) is 48.7 Å². The van der Waals surface area contributed by atoms with Gasteiger partial charge in [-0.25, -0.2) is 9.37 Å². The van der Waals surface area contributed by atoms with Gasteiger partial charge in [-0.05, 0) is 86.3 Å². The molecule has 3 atom stereocenters. The molecule has 3 unspecified atom stereocenters. The highest BCUT2D eigenvalue weighted by molar-refractivity contribution is 5.84. The second-order valence-corrected chi connectivity index (χ2v) is 9.65. The number of nitrogens with two attached hydrogens (primary N) is 1. The van der Waals surface area contributed by atoms with Crippen molar-refractivity contribution in [2.24, 2.45) is 17.6 Å². The molecule has 1 saturated heterocycles. The second kappa shape index (κ2) is 8.57. The molecule has 0 amide bonds. The lowest BCUT2D eigenvalue weighted by atomic mass is 9.98. The lowest BCUT2D eigenvalue weighted by Gasteiger charge is -2.24. The summed E-state index contributed by atoms with van der Waals surface area (Å²) < 4.78 is 14.9. The Kier molecular flexibility index (Phi) is 5.62. The third-order valence-corrected chi connectivity index (χ3v) is 7.31. The molecule has 2 aliphatic rings. The van der Waals surface area contributed by atoms with E-state index in [0.717, 1.165) is 54.0 Å². The summed E-state index contributed by atoms with van der Waals surface area (Å²) in [5.74, 6) is 1.88. The molecule has 1 aliphatic carbocycles. The Hall–Kier alpha value is -2.88. The van der Waals surface area contributed by atoms with Crippen molar-refractivity contribution in [1.82, 2.24) is 4.98 Å². The van der Waals surface area contributed by atoms with Crippen LogP contribution in [-0.2, 0) is 19.3 Å². The molecule has 3 aromatic rings. The van der Waals surface area contributed by atoms with E-state index in [1.54, 1.807) is 6.07 Å². The van der Waals surface area contributed by atoms with Gasteiger partial charge in [-0.15, -0.1) is 0 Å². The molecule has 2 aromatic carbocycles. The first-order valence-electron chi connectivity index (χ1n) is 11.9. The van der Waals surface area contributed by atoms with Crippen molar-refractivity contribution in [3.63, 3.8) is 0 Å². The summed E-state index contributed by atoms with van der Waals surface area (Å²) in [6.07, 6.45) is 5.86. The van der Waals surface area contributed by atoms with Crippen molar-refractivity contribution in [3.05, 3.63) is 83.3 Å². The number of aromatic nitrogens is 1. The minimum atomic E-state index is -0.0991. The van der Waals surface area contributed by atoms with Gasteiger partial charge in [0.25, 0.3) is 0 Å². The summed E-state index contributed by atoms with van der Waals surface area (Å²) in [7, 11) is 0. The number of hydrogen-bond acceptors (Lipinski definition) is 3. The maximum atomic E-state index is 14.9. The van der Waals surface area contributed by atoms with E-state index in [1.807, 2.05) is 12.1 Å². The zero-order chi connectivity index (χ0) is 22.2. The summed E-state index contributed by atoms with van der Waals surface area (Å²) in [6, 6.07) is 16.8. The number of aryl methyl sites for hydroxylation is 2. The molecule has 166 valence electrons. The van der Waals surface area contributed by atoms with E-state index < -0.39 is 0 Å². The number of rotatable bonds is 7. The summed E-state index contributed by atoms with van der Waals surface area (Å²) in [6.45, 7) is 7.18. The predicted octanol–water partition coefficient (Wildman–Crippen LogP) is 5.80. The molecule has 32 heavy (non-hydrogen) atoms. The molecule has 4 heteroatoms. The third-order valence-electron chi connectivity index (χ3n) is 7.31. The van der Waals surface area contributed by atoms with Crippen LogP contribution in [0.1, 0.15) is 42.9 Å². The number of anilines is 1. The summed E-state index contributed by atoms with van der Waals surface area (Å²) in [4.78, 5) is 7.35. The van der Waals surface area contributed by atoms with E-state index in [-0.39, 0.29) is 5.82 Å². The van der Waals surface area contributed by atoms with Gasteiger partial charge in [0.05, 0.1) is 5.52 Å². The lowest BCUT2D eigenvalue weighted by molar-refractivity contribution is 0.604. The summed E-state index contributed by atoms with van der Waals surface area (Å²) in [5, 5.41) is 1.17. The Balaban J connectivity index is 1.34. The van der Waals surface area contributed by atoms with Gasteiger partial charge in [0.1, 0.15) is 11.6 Å². The smallest absolute Gasteiger partial charge is 0.129 e. The molecule has 2 fully saturated rings. The Morgan fingerprint density at radius 1 is 1.16 bits per heavy atom. The van der Waals surface area contributed by atoms with Crippen LogP contribution in [0.2, 0.25) is 0 Å². The van der Waals surface area contributed by atoms with E-state index in [0.29, 0.717) is 24.3 Å². The van der Waals surface area contributed by atoms with Crippen molar-refractivity contribution in [3.8, 4) is 0 Å². The topological polar surface area (TPSA) is 42.1 Å². The molecule has 0 spiro atoms. The van der Waals surface area contributed by atoms with Crippen LogP contribution >= 0.6 is 0 Å². The maximum absolute atomic E-state index is 14.9. The van der Waals surface area contributed by atoms with Crippen LogP contribution in [0.25, 0.3) is 10.9 Å². The van der Waals surface area contributed by atoms with Crippen LogP contribution < -0.4 is 10.6 Å². The molecule has 2 heterocycles. The van der Waals surface area contributed by atoms with Gasteiger partial charge < -0.3 is 10.6 Å².